The van der Waals surface area contributed by atoms with Gasteiger partial charge in [0, 0.05) is 29.6 Å². The summed E-state index contributed by atoms with van der Waals surface area (Å²) in [5.41, 5.74) is 1.52. The number of carbonyl (C=O) groups excluding carboxylic acids is 2. The summed E-state index contributed by atoms with van der Waals surface area (Å²) in [5, 5.41) is 2.01. The van der Waals surface area contributed by atoms with Crippen LogP contribution in [0.2, 0.25) is 0 Å². The lowest BCUT2D eigenvalue weighted by Gasteiger charge is -2.37. The Kier molecular flexibility index (Phi) is 7.47. The van der Waals surface area contributed by atoms with Gasteiger partial charge in [-0.15, -0.1) is 11.3 Å². The zero-order valence-corrected chi connectivity index (χ0v) is 20.0. The Morgan fingerprint density at radius 1 is 1.15 bits per heavy atom. The number of carbonyl (C=O) groups is 2. The molecule has 34 heavy (non-hydrogen) atoms. The van der Waals surface area contributed by atoms with E-state index in [1.165, 1.54) is 21.9 Å². The van der Waals surface area contributed by atoms with Crippen LogP contribution in [0.3, 0.4) is 0 Å². The van der Waals surface area contributed by atoms with E-state index in [1.807, 2.05) is 18.4 Å². The summed E-state index contributed by atoms with van der Waals surface area (Å²) in [7, 11) is 1.55. The number of nitrogens with zero attached hydrogens (tertiary/aromatic N) is 2. The molecule has 2 heterocycles. The molecule has 3 aromatic rings. The van der Waals surface area contributed by atoms with E-state index in [0.717, 1.165) is 12.0 Å². The van der Waals surface area contributed by atoms with Crippen molar-refractivity contribution >= 4 is 23.2 Å². The van der Waals surface area contributed by atoms with Gasteiger partial charge in [0.1, 0.15) is 30.5 Å². The van der Waals surface area contributed by atoms with Crippen molar-refractivity contribution in [1.29, 1.82) is 0 Å². The van der Waals surface area contributed by atoms with Crippen molar-refractivity contribution in [2.24, 2.45) is 0 Å². The second-order valence-electron chi connectivity index (χ2n) is 7.97. The molecule has 2 amide bonds. The molecule has 2 aromatic carbocycles. The van der Waals surface area contributed by atoms with E-state index < -0.39 is 0 Å². The molecule has 0 bridgehead atoms. The first-order chi connectivity index (χ1) is 16.5. The smallest absolute Gasteiger partial charge is 0.254 e. The number of halogens is 1. The summed E-state index contributed by atoms with van der Waals surface area (Å²) in [5.74, 6) is 0.250. The molecule has 178 valence electrons. The molecule has 6 nitrogen and oxygen atoms in total. The zero-order valence-electron chi connectivity index (χ0n) is 19.2. The minimum atomic E-state index is -0.375. The molecular weight excluding hydrogens is 455 g/mol. The summed E-state index contributed by atoms with van der Waals surface area (Å²) >= 11 is 1.66. The number of rotatable bonds is 8. The number of likely N-dealkylation sites (N-methyl/N-ethyl adjacent to an activating group) is 1. The quantitative estimate of drug-likeness (QED) is 0.472. The molecule has 1 aromatic heterocycles. The minimum Gasteiger partial charge on any atom is -0.497 e. The number of methoxy groups -OCH3 is 1. The number of ether oxygens (including phenoxy) is 2. The van der Waals surface area contributed by atoms with E-state index in [1.54, 1.807) is 59.7 Å². The second-order valence-corrected chi connectivity index (χ2v) is 8.97. The van der Waals surface area contributed by atoms with E-state index in [-0.39, 0.29) is 36.8 Å². The van der Waals surface area contributed by atoms with Crippen LogP contribution in [0.15, 0.2) is 60.0 Å². The Bertz CT molecular complexity index is 1160. The van der Waals surface area contributed by atoms with Gasteiger partial charge in [-0.2, -0.15) is 0 Å². The van der Waals surface area contributed by atoms with Crippen molar-refractivity contribution in [2.45, 2.75) is 19.4 Å². The first-order valence-corrected chi connectivity index (χ1v) is 12.1. The van der Waals surface area contributed by atoms with Gasteiger partial charge in [-0.1, -0.05) is 12.1 Å². The third-order valence-electron chi connectivity index (χ3n) is 5.93. The van der Waals surface area contributed by atoms with Gasteiger partial charge in [-0.05, 0) is 60.7 Å². The molecule has 0 N–H and O–H groups in total. The summed E-state index contributed by atoms with van der Waals surface area (Å²) in [4.78, 5) is 31.0. The molecule has 8 heteroatoms. The second kappa shape index (κ2) is 10.7. The molecule has 0 radical (unpaired) electrons. The van der Waals surface area contributed by atoms with Crippen LogP contribution in [-0.2, 0) is 11.2 Å². The highest BCUT2D eigenvalue weighted by Gasteiger charge is 2.33. The van der Waals surface area contributed by atoms with Crippen LogP contribution in [0.4, 0.5) is 4.39 Å². The molecule has 0 fully saturated rings. The first kappa shape index (κ1) is 23.8. The van der Waals surface area contributed by atoms with Gasteiger partial charge < -0.3 is 19.3 Å². The molecule has 4 rings (SSSR count). The van der Waals surface area contributed by atoms with Gasteiger partial charge in [-0.25, -0.2) is 4.39 Å². The lowest BCUT2D eigenvalue weighted by molar-refractivity contribution is -0.135. The largest absolute Gasteiger partial charge is 0.497 e. The predicted molar refractivity (Wildman–Crippen MR) is 129 cm³/mol. The van der Waals surface area contributed by atoms with Gasteiger partial charge in [0.25, 0.3) is 5.91 Å². The summed E-state index contributed by atoms with van der Waals surface area (Å²) in [6.45, 7) is 2.94. The predicted octanol–water partition coefficient (Wildman–Crippen LogP) is 4.56. The third-order valence-corrected chi connectivity index (χ3v) is 6.93. The molecule has 0 aliphatic carbocycles. The van der Waals surface area contributed by atoms with Crippen LogP contribution < -0.4 is 9.47 Å². The Balaban J connectivity index is 1.50. The highest BCUT2D eigenvalue weighted by atomic mass is 32.1. The molecule has 1 aliphatic heterocycles. The van der Waals surface area contributed by atoms with E-state index in [2.05, 4.69) is 0 Å². The van der Waals surface area contributed by atoms with Crippen LogP contribution in [0.25, 0.3) is 0 Å². The third kappa shape index (κ3) is 5.22. The summed E-state index contributed by atoms with van der Waals surface area (Å²) in [6.07, 6.45) is 0.755. The fraction of sp³-hybridized carbons (Fsp3) is 0.308. The SMILES string of the molecule is CCN(CC(=O)N1CCc2sccc2[C@@H]1COc1cccc(F)c1)C(=O)c1cccc(OC)c1. The molecule has 1 aliphatic rings. The van der Waals surface area contributed by atoms with Crippen molar-refractivity contribution in [3.05, 3.63) is 81.8 Å². The summed E-state index contributed by atoms with van der Waals surface area (Å²) < 4.78 is 24.7. The zero-order chi connectivity index (χ0) is 24.1. The molecule has 1 atom stereocenters. The first-order valence-electron chi connectivity index (χ1n) is 11.2. The Morgan fingerprint density at radius 2 is 1.94 bits per heavy atom. The Hall–Kier alpha value is -3.39. The maximum atomic E-state index is 13.6. The molecular formula is C26H27FN2O4S. The van der Waals surface area contributed by atoms with Crippen LogP contribution in [0.5, 0.6) is 11.5 Å². The van der Waals surface area contributed by atoms with Gasteiger partial charge >= 0.3 is 0 Å². The number of hydrogen-bond donors (Lipinski definition) is 0. The van der Waals surface area contributed by atoms with Gasteiger partial charge in [0.2, 0.25) is 5.91 Å². The standard InChI is InChI=1S/C26H27FN2O4S/c1-3-28(26(31)18-6-4-8-20(14-18)32-2)16-25(30)29-12-10-24-22(11-13-34-24)23(29)17-33-21-9-5-7-19(27)15-21/h4-9,11,13-15,23H,3,10,12,16-17H2,1-2H3/t23-/m0/s1. The number of benzene rings is 2. The number of fused-ring (bicyclic) bond motifs is 1. The van der Waals surface area contributed by atoms with E-state index in [0.29, 0.717) is 30.2 Å². The average molecular weight is 483 g/mol. The van der Waals surface area contributed by atoms with Gasteiger partial charge in [0.05, 0.1) is 13.2 Å². The van der Waals surface area contributed by atoms with E-state index in [4.69, 9.17) is 9.47 Å². The van der Waals surface area contributed by atoms with Crippen molar-refractivity contribution in [1.82, 2.24) is 9.80 Å². The van der Waals surface area contributed by atoms with E-state index in [9.17, 15) is 14.0 Å². The number of hydrogen-bond acceptors (Lipinski definition) is 5. The Morgan fingerprint density at radius 3 is 2.71 bits per heavy atom. The fourth-order valence-electron chi connectivity index (χ4n) is 4.13. The Labute approximate surface area is 202 Å². The lowest BCUT2D eigenvalue weighted by atomic mass is 10.0. The van der Waals surface area contributed by atoms with Crippen molar-refractivity contribution in [2.75, 3.05) is 33.4 Å². The average Bonchev–Trinajstić information content (AvgIpc) is 3.34. The van der Waals surface area contributed by atoms with Crippen molar-refractivity contribution in [3.63, 3.8) is 0 Å². The van der Waals surface area contributed by atoms with Crippen molar-refractivity contribution < 1.29 is 23.5 Å². The molecule has 0 spiro atoms. The molecule has 0 saturated carbocycles. The maximum Gasteiger partial charge on any atom is 0.254 e. The topological polar surface area (TPSA) is 59.1 Å². The minimum absolute atomic E-state index is 0.0392. The normalized spacial score (nSPS) is 14.9. The van der Waals surface area contributed by atoms with E-state index >= 15 is 0 Å². The van der Waals surface area contributed by atoms with Crippen LogP contribution >= 0.6 is 11.3 Å². The van der Waals surface area contributed by atoms with Gasteiger partial charge in [-0.3, -0.25) is 9.59 Å². The lowest BCUT2D eigenvalue weighted by Crippen LogP contribution is -2.47. The summed E-state index contributed by atoms with van der Waals surface area (Å²) in [6, 6.07) is 14.6. The highest BCUT2D eigenvalue weighted by Crippen LogP contribution is 2.34. The monoisotopic (exact) mass is 482 g/mol. The van der Waals surface area contributed by atoms with Crippen LogP contribution in [0.1, 0.15) is 33.8 Å². The molecule has 0 saturated heterocycles. The molecule has 0 unspecified atom stereocenters. The van der Waals surface area contributed by atoms with Crippen LogP contribution in [-0.4, -0.2) is 55.0 Å². The van der Waals surface area contributed by atoms with Gasteiger partial charge in [0.15, 0.2) is 0 Å². The number of thiophene rings is 1. The number of amides is 2. The maximum absolute atomic E-state index is 13.6. The highest BCUT2D eigenvalue weighted by molar-refractivity contribution is 7.10. The van der Waals surface area contributed by atoms with Crippen LogP contribution in [0, 0.1) is 5.82 Å². The fourth-order valence-corrected chi connectivity index (χ4v) is 5.05. The van der Waals surface area contributed by atoms with Crippen molar-refractivity contribution in [3.8, 4) is 11.5 Å².